The Balaban J connectivity index is 1.63. The Labute approximate surface area is 155 Å². The van der Waals surface area contributed by atoms with Crippen LogP contribution < -0.4 is 0 Å². The fourth-order valence-corrected chi connectivity index (χ4v) is 4.97. The highest BCUT2D eigenvalue weighted by Gasteiger charge is 2.60. The van der Waals surface area contributed by atoms with Crippen LogP contribution in [0.2, 0.25) is 0 Å². The molecule has 2 fully saturated rings. The van der Waals surface area contributed by atoms with E-state index in [-0.39, 0.29) is 22.3 Å². The first-order valence-corrected chi connectivity index (χ1v) is 9.52. The van der Waals surface area contributed by atoms with Gasteiger partial charge in [-0.25, -0.2) is 4.79 Å². The molecule has 0 radical (unpaired) electrons. The van der Waals surface area contributed by atoms with Crippen molar-refractivity contribution in [1.29, 1.82) is 0 Å². The number of carbonyl (C=O) groups is 1. The number of rotatable bonds is 6. The third-order valence-electron chi connectivity index (χ3n) is 6.60. The fourth-order valence-electron chi connectivity index (χ4n) is 4.97. The van der Waals surface area contributed by atoms with Crippen LogP contribution in [0.1, 0.15) is 69.3 Å². The molecule has 0 aromatic heterocycles. The van der Waals surface area contributed by atoms with E-state index >= 15 is 0 Å². The lowest BCUT2D eigenvalue weighted by atomic mass is 9.62. The van der Waals surface area contributed by atoms with Crippen molar-refractivity contribution in [1.82, 2.24) is 0 Å². The van der Waals surface area contributed by atoms with E-state index in [1.54, 1.807) is 6.07 Å². The highest BCUT2D eigenvalue weighted by molar-refractivity contribution is 5.88. The molecule has 2 N–H and O–H groups in total. The van der Waals surface area contributed by atoms with Gasteiger partial charge in [-0.1, -0.05) is 25.5 Å². The number of hydrogen-bond acceptors (Lipinski definition) is 3. The van der Waals surface area contributed by atoms with Gasteiger partial charge in [0.25, 0.3) is 0 Å². The topological polar surface area (TPSA) is 66.8 Å². The molecule has 2 saturated heterocycles. The van der Waals surface area contributed by atoms with Crippen molar-refractivity contribution in [2.75, 3.05) is 0 Å². The zero-order chi connectivity index (χ0) is 19.1. The summed E-state index contributed by atoms with van der Waals surface area (Å²) in [7, 11) is 0. The van der Waals surface area contributed by atoms with E-state index in [0.29, 0.717) is 24.0 Å². The van der Waals surface area contributed by atoms with Gasteiger partial charge in [0, 0.05) is 0 Å². The highest BCUT2D eigenvalue weighted by Crippen LogP contribution is 2.59. The molecule has 0 aliphatic carbocycles. The molecular weight excluding hydrogens is 328 g/mol. The van der Waals surface area contributed by atoms with Crippen LogP contribution in [0.25, 0.3) is 0 Å². The molecule has 26 heavy (non-hydrogen) atoms. The molecule has 1 aromatic carbocycles. The van der Waals surface area contributed by atoms with E-state index < -0.39 is 5.97 Å². The number of phenols is 1. The van der Waals surface area contributed by atoms with E-state index in [2.05, 4.69) is 33.8 Å². The van der Waals surface area contributed by atoms with Gasteiger partial charge >= 0.3 is 5.97 Å². The molecule has 0 saturated carbocycles. The monoisotopic (exact) mass is 358 g/mol. The van der Waals surface area contributed by atoms with Gasteiger partial charge in [0.1, 0.15) is 5.75 Å². The number of ether oxygens (including phenoxy) is 1. The Morgan fingerprint density at radius 3 is 2.69 bits per heavy atom. The van der Waals surface area contributed by atoms with E-state index in [4.69, 9.17) is 9.84 Å². The molecular formula is C22H30O4. The summed E-state index contributed by atoms with van der Waals surface area (Å²) in [5.74, 6) is -0.270. The van der Waals surface area contributed by atoms with Crippen LogP contribution in [0.4, 0.5) is 0 Å². The van der Waals surface area contributed by atoms with Crippen molar-refractivity contribution in [3.8, 4) is 5.75 Å². The highest BCUT2D eigenvalue weighted by atomic mass is 16.5. The minimum Gasteiger partial charge on any atom is -0.508 e. The first kappa shape index (κ1) is 19.0. The number of allylic oxidation sites excluding steroid dienone is 2. The Morgan fingerprint density at radius 2 is 2.08 bits per heavy atom. The van der Waals surface area contributed by atoms with Crippen LogP contribution in [0.15, 0.2) is 29.8 Å². The van der Waals surface area contributed by atoms with Crippen molar-refractivity contribution in [3.05, 3.63) is 41.0 Å². The van der Waals surface area contributed by atoms with Gasteiger partial charge in [-0.3, -0.25) is 0 Å². The number of fused-ring (bicyclic) bond motifs is 2. The summed E-state index contributed by atoms with van der Waals surface area (Å²) < 4.78 is 6.29. The maximum Gasteiger partial charge on any atom is 0.335 e. The molecule has 2 aliphatic rings. The fraction of sp³-hybridized carbons (Fsp3) is 0.591. The SMILES string of the molecule is C/C(=C\Cc1cc(C(=O)O)ccc1O)CC[C@H]1C(C)(C)[C@@H]2CC[C@@]1(C)O2. The third-order valence-corrected chi connectivity index (χ3v) is 6.60. The molecule has 2 heterocycles. The second-order valence-corrected chi connectivity index (χ2v) is 8.77. The first-order chi connectivity index (χ1) is 12.1. The van der Waals surface area contributed by atoms with Crippen molar-refractivity contribution < 1.29 is 19.7 Å². The second kappa shape index (κ2) is 6.73. The van der Waals surface area contributed by atoms with Crippen LogP contribution in [0.3, 0.4) is 0 Å². The standard InChI is InChI=1S/C22H30O4/c1-14(5-7-15-13-16(20(24)25)8-9-17(15)23)6-10-18-21(2,3)19-11-12-22(18,4)26-19/h5,8-9,13,18-19,23H,6-7,10-12H2,1-4H3,(H,24,25)/b14-5+/t18-,19-,22+/m0/s1. The van der Waals surface area contributed by atoms with Gasteiger partial charge in [0.15, 0.2) is 0 Å². The molecule has 142 valence electrons. The average Bonchev–Trinajstić information content (AvgIpc) is 3.04. The number of carboxylic acids is 1. The zero-order valence-corrected chi connectivity index (χ0v) is 16.2. The maximum atomic E-state index is 11.1. The van der Waals surface area contributed by atoms with Crippen molar-refractivity contribution >= 4 is 5.97 Å². The summed E-state index contributed by atoms with van der Waals surface area (Å²) in [6.07, 6.45) is 7.46. The summed E-state index contributed by atoms with van der Waals surface area (Å²) in [6.45, 7) is 9.05. The summed E-state index contributed by atoms with van der Waals surface area (Å²) in [6, 6.07) is 4.43. The summed E-state index contributed by atoms with van der Waals surface area (Å²) >= 11 is 0. The van der Waals surface area contributed by atoms with Gasteiger partial charge < -0.3 is 14.9 Å². The lowest BCUT2D eigenvalue weighted by Gasteiger charge is -2.39. The Bertz CT molecular complexity index is 729. The Hall–Kier alpha value is -1.81. The molecule has 0 spiro atoms. The Morgan fingerprint density at radius 1 is 1.35 bits per heavy atom. The van der Waals surface area contributed by atoms with E-state index in [1.165, 1.54) is 24.1 Å². The lowest BCUT2D eigenvalue weighted by Crippen LogP contribution is -2.40. The first-order valence-electron chi connectivity index (χ1n) is 9.52. The van der Waals surface area contributed by atoms with Gasteiger partial charge in [-0.2, -0.15) is 0 Å². The number of aromatic hydroxyl groups is 1. The minimum absolute atomic E-state index is 0.0164. The molecule has 3 atom stereocenters. The van der Waals surface area contributed by atoms with Gasteiger partial charge in [-0.15, -0.1) is 0 Å². The largest absolute Gasteiger partial charge is 0.508 e. The summed E-state index contributed by atoms with van der Waals surface area (Å²) in [5, 5.41) is 19.1. The third kappa shape index (κ3) is 3.39. The average molecular weight is 358 g/mol. The lowest BCUT2D eigenvalue weighted by molar-refractivity contribution is 0.00469. The molecule has 2 aliphatic heterocycles. The number of aromatic carboxylic acids is 1. The van der Waals surface area contributed by atoms with Crippen LogP contribution >= 0.6 is 0 Å². The van der Waals surface area contributed by atoms with Crippen molar-refractivity contribution in [2.45, 2.75) is 71.5 Å². The number of hydrogen-bond donors (Lipinski definition) is 2. The second-order valence-electron chi connectivity index (χ2n) is 8.77. The van der Waals surface area contributed by atoms with Crippen LogP contribution in [-0.4, -0.2) is 27.9 Å². The maximum absolute atomic E-state index is 11.1. The molecule has 3 rings (SSSR count). The quantitative estimate of drug-likeness (QED) is 0.706. The molecule has 4 nitrogen and oxygen atoms in total. The molecule has 0 amide bonds. The normalized spacial score (nSPS) is 29.9. The smallest absolute Gasteiger partial charge is 0.335 e. The molecule has 4 heteroatoms. The van der Waals surface area contributed by atoms with Gasteiger partial charge in [-0.05, 0) is 81.0 Å². The number of phenolic OH excluding ortho intramolecular Hbond substituents is 1. The number of carboxylic acid groups (broad SMARTS) is 1. The van der Waals surface area contributed by atoms with E-state index in [0.717, 1.165) is 19.3 Å². The Kier molecular flexibility index (Phi) is 4.91. The summed E-state index contributed by atoms with van der Waals surface area (Å²) in [4.78, 5) is 11.1. The van der Waals surface area contributed by atoms with E-state index in [1.807, 2.05) is 0 Å². The van der Waals surface area contributed by atoms with Gasteiger partial charge in [0.2, 0.25) is 0 Å². The predicted octanol–water partition coefficient (Wildman–Crippen LogP) is 4.95. The van der Waals surface area contributed by atoms with Crippen LogP contribution in [-0.2, 0) is 11.2 Å². The summed E-state index contributed by atoms with van der Waals surface area (Å²) in [5.41, 5.74) is 2.37. The van der Waals surface area contributed by atoms with Crippen molar-refractivity contribution in [3.63, 3.8) is 0 Å². The van der Waals surface area contributed by atoms with Crippen LogP contribution in [0.5, 0.6) is 5.75 Å². The molecule has 2 bridgehead atoms. The zero-order valence-electron chi connectivity index (χ0n) is 16.2. The van der Waals surface area contributed by atoms with Gasteiger partial charge in [0.05, 0.1) is 17.3 Å². The minimum atomic E-state index is -0.973. The number of benzene rings is 1. The van der Waals surface area contributed by atoms with Crippen LogP contribution in [0, 0.1) is 11.3 Å². The predicted molar refractivity (Wildman–Crippen MR) is 102 cm³/mol. The van der Waals surface area contributed by atoms with Crippen molar-refractivity contribution in [2.24, 2.45) is 11.3 Å². The molecule has 1 aromatic rings. The van der Waals surface area contributed by atoms with E-state index in [9.17, 15) is 9.90 Å². The molecule has 0 unspecified atom stereocenters.